The Labute approximate surface area is 127 Å². The highest BCUT2D eigenvalue weighted by Gasteiger charge is 2.27. The van der Waals surface area contributed by atoms with Gasteiger partial charge in [0, 0.05) is 29.6 Å². The van der Waals surface area contributed by atoms with Gasteiger partial charge in [0.1, 0.15) is 5.69 Å². The fourth-order valence-electron chi connectivity index (χ4n) is 2.85. The van der Waals surface area contributed by atoms with Crippen LogP contribution in [0.4, 0.5) is 0 Å². The topological polar surface area (TPSA) is 82.3 Å². The number of carbonyl (C=O) groups is 3. The summed E-state index contributed by atoms with van der Waals surface area (Å²) in [7, 11) is 0. The second kappa shape index (κ2) is 5.29. The summed E-state index contributed by atoms with van der Waals surface area (Å²) in [5.41, 5.74) is 2.39. The number of benzene rings is 1. The second-order valence-corrected chi connectivity index (χ2v) is 5.27. The maximum Gasteiger partial charge on any atom is 0.274 e. The van der Waals surface area contributed by atoms with Crippen LogP contribution in [0.2, 0.25) is 0 Å². The van der Waals surface area contributed by atoms with E-state index in [1.54, 1.807) is 23.1 Å². The Bertz CT molecular complexity index is 787. The van der Waals surface area contributed by atoms with Crippen molar-refractivity contribution in [3.05, 3.63) is 35.0 Å². The van der Waals surface area contributed by atoms with Gasteiger partial charge in [-0.15, -0.1) is 0 Å². The predicted molar refractivity (Wildman–Crippen MR) is 81.7 cm³/mol. The molecule has 22 heavy (non-hydrogen) atoms. The lowest BCUT2D eigenvalue weighted by atomic mass is 10.0. The van der Waals surface area contributed by atoms with Crippen LogP contribution < -0.4 is 5.32 Å². The number of amides is 3. The number of aromatic nitrogens is 1. The Morgan fingerprint density at radius 2 is 1.95 bits per heavy atom. The molecule has 2 N–H and O–H groups in total. The lowest BCUT2D eigenvalue weighted by molar-refractivity contribution is -0.119. The van der Waals surface area contributed by atoms with E-state index < -0.39 is 5.91 Å². The number of hydrogen-bond donors (Lipinski definition) is 2. The summed E-state index contributed by atoms with van der Waals surface area (Å²) < 4.78 is 0. The smallest absolute Gasteiger partial charge is 0.274 e. The number of H-pyrrole nitrogens is 1. The van der Waals surface area contributed by atoms with Crippen LogP contribution in [0.25, 0.3) is 10.9 Å². The first kappa shape index (κ1) is 14.3. The molecule has 114 valence electrons. The number of imide groups is 1. The van der Waals surface area contributed by atoms with Gasteiger partial charge in [-0.3, -0.25) is 19.7 Å². The van der Waals surface area contributed by atoms with Crippen molar-refractivity contribution in [2.24, 2.45) is 0 Å². The van der Waals surface area contributed by atoms with E-state index in [4.69, 9.17) is 0 Å². The average molecular weight is 299 g/mol. The van der Waals surface area contributed by atoms with Crippen molar-refractivity contribution in [3.63, 3.8) is 0 Å². The molecule has 1 aromatic carbocycles. The molecule has 0 saturated carbocycles. The number of rotatable bonds is 3. The first-order valence-electron chi connectivity index (χ1n) is 7.33. The molecular formula is C16H17N3O3. The third-order valence-electron chi connectivity index (χ3n) is 4.02. The summed E-state index contributed by atoms with van der Waals surface area (Å²) in [6.07, 6.45) is 0.143. The monoisotopic (exact) mass is 299 g/mol. The molecule has 0 atom stereocenters. The predicted octanol–water partition coefficient (Wildman–Crippen LogP) is 1.46. The van der Waals surface area contributed by atoms with E-state index in [0.29, 0.717) is 29.9 Å². The summed E-state index contributed by atoms with van der Waals surface area (Å²) in [6, 6.07) is 5.28. The highest BCUT2D eigenvalue weighted by atomic mass is 16.2. The number of carbonyl (C=O) groups excluding carboxylic acids is 3. The van der Waals surface area contributed by atoms with Gasteiger partial charge >= 0.3 is 0 Å². The van der Waals surface area contributed by atoms with Crippen LogP contribution in [0.15, 0.2) is 18.2 Å². The van der Waals surface area contributed by atoms with E-state index in [2.05, 4.69) is 10.3 Å². The van der Waals surface area contributed by atoms with Crippen molar-refractivity contribution < 1.29 is 14.4 Å². The van der Waals surface area contributed by atoms with E-state index in [1.807, 2.05) is 13.8 Å². The molecule has 2 aromatic rings. The molecule has 2 heterocycles. The van der Waals surface area contributed by atoms with Crippen molar-refractivity contribution in [1.29, 1.82) is 0 Å². The van der Waals surface area contributed by atoms with Gasteiger partial charge in [-0.25, -0.2) is 0 Å². The van der Waals surface area contributed by atoms with E-state index in [-0.39, 0.29) is 18.2 Å². The normalized spacial score (nSPS) is 13.9. The molecule has 6 heteroatoms. The summed E-state index contributed by atoms with van der Waals surface area (Å²) in [5.74, 6) is -0.786. The van der Waals surface area contributed by atoms with Crippen LogP contribution in [-0.4, -0.2) is 40.7 Å². The molecule has 3 amide bonds. The SMILES string of the molecule is CCN(CC)C(=O)c1ccc2[nH]c3c(c2c1)CC(=O)NC3=O. The Kier molecular flexibility index (Phi) is 3.44. The molecule has 1 aliphatic heterocycles. The lowest BCUT2D eigenvalue weighted by Gasteiger charge is -2.18. The van der Waals surface area contributed by atoms with Crippen molar-refractivity contribution in [3.8, 4) is 0 Å². The van der Waals surface area contributed by atoms with Gasteiger partial charge in [0.05, 0.1) is 6.42 Å². The van der Waals surface area contributed by atoms with Crippen molar-refractivity contribution in [2.75, 3.05) is 13.1 Å². The van der Waals surface area contributed by atoms with Crippen LogP contribution in [0.3, 0.4) is 0 Å². The van der Waals surface area contributed by atoms with E-state index in [9.17, 15) is 14.4 Å². The quantitative estimate of drug-likeness (QED) is 0.842. The minimum atomic E-state index is -0.418. The molecule has 0 radical (unpaired) electrons. The number of fused-ring (bicyclic) bond motifs is 3. The van der Waals surface area contributed by atoms with E-state index in [1.165, 1.54) is 0 Å². The standard InChI is InChI=1S/C16H17N3O3/c1-3-19(4-2)16(22)9-5-6-12-10(7-9)11-8-13(20)18-15(21)14(11)17-12/h5-7,17H,3-4,8H2,1-2H3,(H,18,20,21). The highest BCUT2D eigenvalue weighted by Crippen LogP contribution is 2.26. The van der Waals surface area contributed by atoms with Crippen molar-refractivity contribution >= 4 is 28.6 Å². The zero-order chi connectivity index (χ0) is 15.9. The van der Waals surface area contributed by atoms with Gasteiger partial charge in [0.2, 0.25) is 5.91 Å². The van der Waals surface area contributed by atoms with Crippen LogP contribution in [0, 0.1) is 0 Å². The molecule has 0 aliphatic carbocycles. The van der Waals surface area contributed by atoms with Gasteiger partial charge in [-0.2, -0.15) is 0 Å². The molecule has 0 bridgehead atoms. The first-order valence-corrected chi connectivity index (χ1v) is 7.33. The largest absolute Gasteiger partial charge is 0.350 e. The van der Waals surface area contributed by atoms with Gasteiger partial charge in [-0.05, 0) is 37.6 Å². The van der Waals surface area contributed by atoms with Crippen LogP contribution in [0.5, 0.6) is 0 Å². The van der Waals surface area contributed by atoms with Gasteiger partial charge in [-0.1, -0.05) is 0 Å². The molecule has 3 rings (SSSR count). The lowest BCUT2D eigenvalue weighted by Crippen LogP contribution is -2.37. The summed E-state index contributed by atoms with van der Waals surface area (Å²) in [6.45, 7) is 5.14. The number of nitrogens with one attached hydrogen (secondary N) is 2. The summed E-state index contributed by atoms with van der Waals surface area (Å²) in [5, 5.41) is 3.05. The minimum absolute atomic E-state index is 0.0477. The third kappa shape index (κ3) is 2.16. The van der Waals surface area contributed by atoms with Gasteiger partial charge < -0.3 is 9.88 Å². The van der Waals surface area contributed by atoms with Gasteiger partial charge in [0.15, 0.2) is 0 Å². The first-order chi connectivity index (χ1) is 10.5. The Morgan fingerprint density at radius 3 is 2.64 bits per heavy atom. The Hall–Kier alpha value is -2.63. The Morgan fingerprint density at radius 1 is 1.23 bits per heavy atom. The number of nitrogens with zero attached hydrogens (tertiary/aromatic N) is 1. The van der Waals surface area contributed by atoms with E-state index >= 15 is 0 Å². The molecular weight excluding hydrogens is 282 g/mol. The molecule has 0 unspecified atom stereocenters. The third-order valence-corrected chi connectivity index (χ3v) is 4.02. The van der Waals surface area contributed by atoms with Crippen LogP contribution >= 0.6 is 0 Å². The molecule has 1 aliphatic rings. The molecule has 0 fully saturated rings. The minimum Gasteiger partial charge on any atom is -0.350 e. The van der Waals surface area contributed by atoms with Crippen molar-refractivity contribution in [2.45, 2.75) is 20.3 Å². The zero-order valence-corrected chi connectivity index (χ0v) is 12.5. The van der Waals surface area contributed by atoms with Crippen LogP contribution in [-0.2, 0) is 11.2 Å². The highest BCUT2D eigenvalue weighted by molar-refractivity contribution is 6.13. The van der Waals surface area contributed by atoms with Gasteiger partial charge in [0.25, 0.3) is 11.8 Å². The maximum absolute atomic E-state index is 12.4. The average Bonchev–Trinajstić information content (AvgIpc) is 2.86. The Balaban J connectivity index is 2.10. The fourth-order valence-corrected chi connectivity index (χ4v) is 2.85. The molecule has 0 saturated heterocycles. The summed E-state index contributed by atoms with van der Waals surface area (Å²) in [4.78, 5) is 40.6. The zero-order valence-electron chi connectivity index (χ0n) is 12.5. The molecule has 0 spiro atoms. The fraction of sp³-hybridized carbons (Fsp3) is 0.312. The van der Waals surface area contributed by atoms with Crippen molar-refractivity contribution in [1.82, 2.24) is 15.2 Å². The number of aromatic amines is 1. The molecule has 6 nitrogen and oxygen atoms in total. The molecule has 1 aromatic heterocycles. The van der Waals surface area contributed by atoms with E-state index in [0.717, 1.165) is 10.9 Å². The maximum atomic E-state index is 12.4. The second-order valence-electron chi connectivity index (χ2n) is 5.27. The number of hydrogen-bond acceptors (Lipinski definition) is 3. The van der Waals surface area contributed by atoms with Crippen LogP contribution in [0.1, 0.15) is 40.3 Å². The summed E-state index contributed by atoms with van der Waals surface area (Å²) >= 11 is 0.